The highest BCUT2D eigenvalue weighted by Crippen LogP contribution is 2.39. The molecule has 1 aromatic rings. The summed E-state index contributed by atoms with van der Waals surface area (Å²) in [4.78, 5) is 10.4. The van der Waals surface area contributed by atoms with Gasteiger partial charge in [-0.1, -0.05) is 24.4 Å². The van der Waals surface area contributed by atoms with E-state index >= 15 is 0 Å². The number of benzene rings is 1. The zero-order valence-corrected chi connectivity index (χ0v) is 10.7. The van der Waals surface area contributed by atoms with Gasteiger partial charge in [-0.25, -0.2) is 0 Å². The lowest BCUT2D eigenvalue weighted by Gasteiger charge is -2.11. The van der Waals surface area contributed by atoms with Crippen LogP contribution in [-0.4, -0.2) is 4.92 Å². The Labute approximate surface area is 111 Å². The normalized spacial score (nSPS) is 16.1. The Bertz CT molecular complexity index is 422. The summed E-state index contributed by atoms with van der Waals surface area (Å²) in [6, 6.07) is 4.26. The molecule has 0 aromatic heterocycles. The Morgan fingerprint density at radius 2 is 2.18 bits per heavy atom. The Morgan fingerprint density at radius 1 is 1.53 bits per heavy atom. The first-order chi connectivity index (χ1) is 7.58. The quantitative estimate of drug-likeness (QED) is 0.676. The topological polar surface area (TPSA) is 69.2 Å². The molecule has 0 unspecified atom stereocenters. The average Bonchev–Trinajstić information content (AvgIpc) is 3.01. The van der Waals surface area contributed by atoms with Crippen LogP contribution in [-0.2, 0) is 0 Å². The van der Waals surface area contributed by atoms with E-state index in [-0.39, 0.29) is 24.1 Å². The highest BCUT2D eigenvalue weighted by molar-refractivity contribution is 6.30. The third-order valence-corrected chi connectivity index (χ3v) is 3.11. The van der Waals surface area contributed by atoms with Gasteiger partial charge in [0.15, 0.2) is 0 Å². The number of halogens is 2. The summed E-state index contributed by atoms with van der Waals surface area (Å²) in [5, 5.41) is 11.3. The summed E-state index contributed by atoms with van der Waals surface area (Å²) >= 11 is 5.84. The van der Waals surface area contributed by atoms with Gasteiger partial charge >= 0.3 is 0 Å². The van der Waals surface area contributed by atoms with E-state index in [9.17, 15) is 10.1 Å². The Hall–Kier alpha value is -0.840. The summed E-state index contributed by atoms with van der Waals surface area (Å²) in [7, 11) is 0. The Morgan fingerprint density at radius 3 is 2.71 bits per heavy atom. The summed E-state index contributed by atoms with van der Waals surface area (Å²) in [5.41, 5.74) is 6.59. The van der Waals surface area contributed by atoms with E-state index in [0.717, 1.165) is 6.42 Å². The van der Waals surface area contributed by atoms with Crippen molar-refractivity contribution < 1.29 is 4.92 Å². The van der Waals surface area contributed by atoms with Crippen LogP contribution in [0, 0.1) is 16.0 Å². The average molecular weight is 277 g/mol. The van der Waals surface area contributed by atoms with E-state index in [0.29, 0.717) is 16.5 Å². The Kier molecular flexibility index (Phi) is 4.74. The molecule has 17 heavy (non-hydrogen) atoms. The van der Waals surface area contributed by atoms with Gasteiger partial charge in [-0.05, 0) is 24.5 Å². The molecule has 0 spiro atoms. The number of nitrogens with zero attached hydrogens (tertiary/aromatic N) is 1. The van der Waals surface area contributed by atoms with Crippen LogP contribution in [0.4, 0.5) is 5.69 Å². The maximum atomic E-state index is 10.8. The van der Waals surface area contributed by atoms with Crippen LogP contribution in [0.2, 0.25) is 5.02 Å². The lowest BCUT2D eigenvalue weighted by molar-refractivity contribution is -0.385. The minimum absolute atomic E-state index is 0. The summed E-state index contributed by atoms with van der Waals surface area (Å²) in [6.45, 7) is 0. The molecule has 0 radical (unpaired) electrons. The van der Waals surface area contributed by atoms with Crippen LogP contribution in [0.3, 0.4) is 0 Å². The molecule has 4 nitrogen and oxygen atoms in total. The van der Waals surface area contributed by atoms with Gasteiger partial charge in [0.05, 0.1) is 4.92 Å². The van der Waals surface area contributed by atoms with Crippen molar-refractivity contribution >= 4 is 29.7 Å². The molecule has 1 fully saturated rings. The molecule has 1 aliphatic rings. The van der Waals surface area contributed by atoms with Crippen molar-refractivity contribution in [2.24, 2.45) is 11.7 Å². The minimum atomic E-state index is -0.404. The van der Waals surface area contributed by atoms with Crippen molar-refractivity contribution in [3.63, 3.8) is 0 Å². The van der Waals surface area contributed by atoms with E-state index in [1.807, 2.05) is 0 Å². The molecule has 0 heterocycles. The van der Waals surface area contributed by atoms with Gasteiger partial charge in [0.25, 0.3) is 5.69 Å². The lowest BCUT2D eigenvalue weighted by Crippen LogP contribution is -2.13. The first-order valence-corrected chi connectivity index (χ1v) is 5.65. The van der Waals surface area contributed by atoms with Gasteiger partial charge in [-0.3, -0.25) is 10.1 Å². The predicted molar refractivity (Wildman–Crippen MR) is 69.6 cm³/mol. The summed E-state index contributed by atoms with van der Waals surface area (Å²) in [5.74, 6) is 0.633. The standard InChI is InChI=1S/C11H13ClN2O2.ClH/c12-8-3-4-11(14(15)16)9(6-8)10(13)5-7-1-2-7;/h3-4,6-7,10H,1-2,5,13H2;1H/t10-;/m1./s1. The van der Waals surface area contributed by atoms with Crippen molar-refractivity contribution in [2.75, 3.05) is 0 Å². The summed E-state index contributed by atoms with van der Waals surface area (Å²) < 4.78 is 0. The number of hydrogen-bond acceptors (Lipinski definition) is 3. The molecule has 6 heteroatoms. The molecule has 0 bridgehead atoms. The molecular weight excluding hydrogens is 263 g/mol. The fraction of sp³-hybridized carbons (Fsp3) is 0.455. The lowest BCUT2D eigenvalue weighted by atomic mass is 10.0. The second kappa shape index (κ2) is 5.67. The molecular formula is C11H14Cl2N2O2. The number of nitro benzene ring substituents is 1. The van der Waals surface area contributed by atoms with Gasteiger partial charge in [0, 0.05) is 22.7 Å². The minimum Gasteiger partial charge on any atom is -0.324 e. The van der Waals surface area contributed by atoms with Crippen LogP contribution in [0.25, 0.3) is 0 Å². The van der Waals surface area contributed by atoms with E-state index in [4.69, 9.17) is 17.3 Å². The molecule has 1 aliphatic carbocycles. The third kappa shape index (κ3) is 3.56. The molecule has 2 rings (SSSR count). The van der Waals surface area contributed by atoms with E-state index in [2.05, 4.69) is 0 Å². The van der Waals surface area contributed by atoms with E-state index < -0.39 is 4.92 Å². The maximum absolute atomic E-state index is 10.8. The first-order valence-electron chi connectivity index (χ1n) is 5.27. The van der Waals surface area contributed by atoms with E-state index in [1.165, 1.54) is 25.0 Å². The van der Waals surface area contributed by atoms with Gasteiger partial charge in [-0.15, -0.1) is 12.4 Å². The number of rotatable bonds is 4. The fourth-order valence-corrected chi connectivity index (χ4v) is 2.01. The van der Waals surface area contributed by atoms with Crippen molar-refractivity contribution in [3.05, 3.63) is 38.9 Å². The van der Waals surface area contributed by atoms with Crippen molar-refractivity contribution in [2.45, 2.75) is 25.3 Å². The molecule has 0 aliphatic heterocycles. The van der Waals surface area contributed by atoms with E-state index in [1.54, 1.807) is 6.07 Å². The molecule has 2 N–H and O–H groups in total. The fourth-order valence-electron chi connectivity index (χ4n) is 1.83. The van der Waals surface area contributed by atoms with Gasteiger partial charge in [-0.2, -0.15) is 0 Å². The SMILES string of the molecule is Cl.N[C@H](CC1CC1)c1cc(Cl)ccc1[N+](=O)[O-]. The first kappa shape index (κ1) is 14.2. The second-order valence-corrected chi connectivity index (χ2v) is 4.68. The van der Waals surface area contributed by atoms with Crippen molar-refractivity contribution in [3.8, 4) is 0 Å². The molecule has 0 amide bonds. The maximum Gasteiger partial charge on any atom is 0.274 e. The molecule has 0 saturated heterocycles. The van der Waals surface area contributed by atoms with Crippen molar-refractivity contribution in [1.82, 2.24) is 0 Å². The Balaban J connectivity index is 0.00000144. The van der Waals surface area contributed by atoms with Crippen LogP contribution < -0.4 is 5.73 Å². The molecule has 94 valence electrons. The largest absolute Gasteiger partial charge is 0.324 e. The predicted octanol–water partition coefficient (Wildman–Crippen LogP) is 3.47. The van der Waals surface area contributed by atoms with Crippen LogP contribution >= 0.6 is 24.0 Å². The highest BCUT2D eigenvalue weighted by atomic mass is 35.5. The van der Waals surface area contributed by atoms with Crippen molar-refractivity contribution in [1.29, 1.82) is 0 Å². The monoisotopic (exact) mass is 276 g/mol. The zero-order valence-electron chi connectivity index (χ0n) is 9.14. The second-order valence-electron chi connectivity index (χ2n) is 4.25. The third-order valence-electron chi connectivity index (χ3n) is 2.87. The van der Waals surface area contributed by atoms with Crippen LogP contribution in [0.5, 0.6) is 0 Å². The number of nitrogens with two attached hydrogens (primary N) is 1. The number of hydrogen-bond donors (Lipinski definition) is 1. The van der Waals surface area contributed by atoms with Gasteiger partial charge in [0.2, 0.25) is 0 Å². The van der Waals surface area contributed by atoms with Gasteiger partial charge in [0.1, 0.15) is 0 Å². The molecule has 1 saturated carbocycles. The van der Waals surface area contributed by atoms with Crippen LogP contribution in [0.15, 0.2) is 18.2 Å². The zero-order chi connectivity index (χ0) is 11.7. The van der Waals surface area contributed by atoms with Crippen LogP contribution in [0.1, 0.15) is 30.9 Å². The molecule has 1 atom stereocenters. The van der Waals surface area contributed by atoms with Gasteiger partial charge < -0.3 is 5.73 Å². The molecule has 1 aromatic carbocycles. The highest BCUT2D eigenvalue weighted by Gasteiger charge is 2.27. The number of nitro groups is 1. The smallest absolute Gasteiger partial charge is 0.274 e. The summed E-state index contributed by atoms with van der Waals surface area (Å²) in [6.07, 6.45) is 3.17.